The molecule has 0 aliphatic heterocycles. The van der Waals surface area contributed by atoms with E-state index in [4.69, 9.17) is 16.0 Å². The first-order valence-electron chi connectivity index (χ1n) is 6.92. The maximum atomic E-state index is 12.9. The summed E-state index contributed by atoms with van der Waals surface area (Å²) in [5, 5.41) is 1.91. The molecule has 26 heavy (non-hydrogen) atoms. The topological polar surface area (TPSA) is 68.5 Å². The predicted octanol–water partition coefficient (Wildman–Crippen LogP) is 4.75. The Morgan fingerprint density at radius 1 is 1.27 bits per heavy atom. The normalized spacial score (nSPS) is 11.6. The number of rotatable bonds is 5. The zero-order valence-electron chi connectivity index (χ0n) is 12.8. The maximum Gasteiger partial charge on any atom is 0.418 e. The van der Waals surface area contributed by atoms with Crippen molar-refractivity contribution in [2.75, 3.05) is 11.9 Å². The second-order valence-electron chi connectivity index (χ2n) is 4.82. The molecule has 1 N–H and O–H groups in total. The number of benzene rings is 1. The van der Waals surface area contributed by atoms with E-state index in [-0.39, 0.29) is 5.02 Å². The summed E-state index contributed by atoms with van der Waals surface area (Å²) in [5.41, 5.74) is -1.58. The molecule has 1 aromatic heterocycles. The van der Waals surface area contributed by atoms with Gasteiger partial charge in [-0.2, -0.15) is 13.2 Å². The minimum Gasteiger partial charge on any atom is -0.452 e. The minimum absolute atomic E-state index is 0.125. The van der Waals surface area contributed by atoms with Crippen LogP contribution in [-0.2, 0) is 20.5 Å². The van der Waals surface area contributed by atoms with Crippen molar-refractivity contribution in [3.63, 3.8) is 0 Å². The molecule has 5 nitrogen and oxygen atoms in total. The number of esters is 1. The quantitative estimate of drug-likeness (QED) is 0.366. The highest BCUT2D eigenvalue weighted by Gasteiger charge is 2.34. The summed E-state index contributed by atoms with van der Waals surface area (Å²) in [4.78, 5) is 23.2. The van der Waals surface area contributed by atoms with Gasteiger partial charge in [-0.1, -0.05) is 11.6 Å². The van der Waals surface area contributed by atoms with Gasteiger partial charge in [0.05, 0.1) is 11.3 Å². The number of nitrogens with one attached hydrogen (secondary N) is 1. The highest BCUT2D eigenvalue weighted by Crippen LogP contribution is 2.36. The molecule has 0 radical (unpaired) electrons. The van der Waals surface area contributed by atoms with Gasteiger partial charge in [0, 0.05) is 11.1 Å². The van der Waals surface area contributed by atoms with Crippen LogP contribution in [0.5, 0.6) is 0 Å². The minimum atomic E-state index is -4.70. The monoisotopic (exact) mass is 499 g/mol. The second kappa shape index (κ2) is 8.58. The van der Waals surface area contributed by atoms with Crippen LogP contribution < -0.4 is 5.32 Å². The number of hydrogen-bond acceptors (Lipinski definition) is 4. The number of anilines is 1. The number of ether oxygens (including phenoxy) is 1. The van der Waals surface area contributed by atoms with E-state index in [1.54, 1.807) is 12.1 Å². The summed E-state index contributed by atoms with van der Waals surface area (Å²) in [7, 11) is 0. The van der Waals surface area contributed by atoms with Gasteiger partial charge in [-0.05, 0) is 59.0 Å². The van der Waals surface area contributed by atoms with Crippen molar-refractivity contribution in [2.45, 2.75) is 6.18 Å². The Morgan fingerprint density at radius 2 is 2.00 bits per heavy atom. The number of furan rings is 1. The van der Waals surface area contributed by atoms with Gasteiger partial charge < -0.3 is 14.5 Å². The molecule has 0 spiro atoms. The fraction of sp³-hybridized carbons (Fsp3) is 0.125. The van der Waals surface area contributed by atoms with E-state index in [0.29, 0.717) is 15.6 Å². The molecule has 0 bridgehead atoms. The maximum absolute atomic E-state index is 12.9. The van der Waals surface area contributed by atoms with Crippen molar-refractivity contribution in [2.24, 2.45) is 0 Å². The number of amides is 1. The Labute approximate surface area is 164 Å². The molecular weight excluding hydrogens is 490 g/mol. The Kier molecular flexibility index (Phi) is 6.70. The number of hydrogen-bond donors (Lipinski definition) is 1. The SMILES string of the molecule is O=C(COC(=O)/C=C/c1ccc(I)o1)Nc1ccc(Cl)cc1C(F)(F)F. The number of halogens is 5. The van der Waals surface area contributed by atoms with Crippen molar-refractivity contribution >= 4 is 57.8 Å². The van der Waals surface area contributed by atoms with Gasteiger partial charge in [0.25, 0.3) is 5.91 Å². The highest BCUT2D eigenvalue weighted by molar-refractivity contribution is 14.1. The van der Waals surface area contributed by atoms with Crippen LogP contribution in [0.4, 0.5) is 18.9 Å². The molecule has 2 aromatic rings. The van der Waals surface area contributed by atoms with Gasteiger partial charge in [0.2, 0.25) is 0 Å². The van der Waals surface area contributed by atoms with Crippen molar-refractivity contribution in [3.05, 3.63) is 56.5 Å². The lowest BCUT2D eigenvalue weighted by Gasteiger charge is -2.14. The lowest BCUT2D eigenvalue weighted by atomic mass is 10.1. The molecule has 0 unspecified atom stereocenters. The van der Waals surface area contributed by atoms with E-state index in [0.717, 1.165) is 12.1 Å². The van der Waals surface area contributed by atoms with Crippen LogP contribution in [-0.4, -0.2) is 18.5 Å². The Morgan fingerprint density at radius 3 is 2.62 bits per heavy atom. The van der Waals surface area contributed by atoms with E-state index in [1.807, 2.05) is 27.9 Å². The third-order valence-electron chi connectivity index (χ3n) is 2.88. The van der Waals surface area contributed by atoms with Gasteiger partial charge in [-0.25, -0.2) is 4.79 Å². The van der Waals surface area contributed by atoms with Crippen LogP contribution in [0.3, 0.4) is 0 Å². The largest absolute Gasteiger partial charge is 0.452 e. The fourth-order valence-electron chi connectivity index (χ4n) is 1.80. The average Bonchev–Trinajstić information content (AvgIpc) is 2.97. The van der Waals surface area contributed by atoms with E-state index >= 15 is 0 Å². The molecule has 0 aliphatic rings. The van der Waals surface area contributed by atoms with E-state index in [1.165, 1.54) is 12.1 Å². The molecule has 10 heteroatoms. The van der Waals surface area contributed by atoms with Gasteiger partial charge >= 0.3 is 12.1 Å². The van der Waals surface area contributed by atoms with Crippen LogP contribution >= 0.6 is 34.2 Å². The summed E-state index contributed by atoms with van der Waals surface area (Å²) >= 11 is 7.50. The number of carbonyl (C=O) groups excluding carboxylic acids is 2. The summed E-state index contributed by atoms with van der Waals surface area (Å²) in [6.07, 6.45) is -2.33. The molecule has 1 heterocycles. The first-order chi connectivity index (χ1) is 12.1. The zero-order valence-corrected chi connectivity index (χ0v) is 15.7. The first-order valence-corrected chi connectivity index (χ1v) is 8.37. The van der Waals surface area contributed by atoms with E-state index < -0.39 is 35.9 Å². The van der Waals surface area contributed by atoms with Crippen molar-refractivity contribution in [3.8, 4) is 0 Å². The predicted molar refractivity (Wildman–Crippen MR) is 96.5 cm³/mol. The molecule has 0 atom stereocenters. The molecule has 0 fully saturated rings. The van der Waals surface area contributed by atoms with Crippen LogP contribution in [0.2, 0.25) is 5.02 Å². The third-order valence-corrected chi connectivity index (χ3v) is 3.70. The Hall–Kier alpha value is -2.01. The summed E-state index contributed by atoms with van der Waals surface area (Å²) in [6, 6.07) is 6.21. The van der Waals surface area contributed by atoms with Crippen molar-refractivity contribution in [1.29, 1.82) is 0 Å². The highest BCUT2D eigenvalue weighted by atomic mass is 127. The molecule has 1 aromatic carbocycles. The molecule has 138 valence electrons. The van der Waals surface area contributed by atoms with Gasteiger partial charge in [-0.15, -0.1) is 0 Å². The summed E-state index contributed by atoms with van der Waals surface area (Å²) in [6.45, 7) is -0.751. The Balaban J connectivity index is 1.93. The summed E-state index contributed by atoms with van der Waals surface area (Å²) in [5.74, 6) is -1.36. The van der Waals surface area contributed by atoms with Crippen LogP contribution in [0.25, 0.3) is 6.08 Å². The fourth-order valence-corrected chi connectivity index (χ4v) is 2.41. The van der Waals surface area contributed by atoms with Crippen molar-refractivity contribution in [1.82, 2.24) is 0 Å². The third kappa shape index (κ3) is 6.06. The van der Waals surface area contributed by atoms with Gasteiger partial charge in [0.1, 0.15) is 5.76 Å². The standard InChI is InChI=1S/C16H10ClF3INO4/c17-9-1-4-12(11(7-9)16(18,19)20)22-14(23)8-25-15(24)6-3-10-2-5-13(21)26-10/h1-7H,8H2,(H,22,23)/b6-3+. The molecular formula is C16H10ClF3INO4. The second-order valence-corrected chi connectivity index (χ2v) is 6.32. The summed E-state index contributed by atoms with van der Waals surface area (Å²) < 4.78 is 49.3. The molecule has 0 aliphatic carbocycles. The first kappa shape index (κ1) is 20.3. The lowest BCUT2D eigenvalue weighted by molar-refractivity contribution is -0.142. The van der Waals surface area contributed by atoms with E-state index in [2.05, 4.69) is 4.74 Å². The average molecular weight is 500 g/mol. The van der Waals surface area contributed by atoms with Crippen LogP contribution in [0.1, 0.15) is 11.3 Å². The number of carbonyl (C=O) groups is 2. The Bertz CT molecular complexity index is 848. The molecule has 1 amide bonds. The van der Waals surface area contributed by atoms with E-state index in [9.17, 15) is 22.8 Å². The van der Waals surface area contributed by atoms with Gasteiger partial charge in [-0.3, -0.25) is 4.79 Å². The molecule has 2 rings (SSSR count). The molecule has 0 saturated heterocycles. The zero-order chi connectivity index (χ0) is 19.3. The lowest BCUT2D eigenvalue weighted by Crippen LogP contribution is -2.22. The van der Waals surface area contributed by atoms with Gasteiger partial charge in [0.15, 0.2) is 10.4 Å². The van der Waals surface area contributed by atoms with Crippen LogP contribution in [0.15, 0.2) is 40.8 Å². The van der Waals surface area contributed by atoms with Crippen LogP contribution in [0, 0.1) is 3.77 Å². The smallest absolute Gasteiger partial charge is 0.418 e. The van der Waals surface area contributed by atoms with Crippen molar-refractivity contribution < 1.29 is 31.9 Å². The number of alkyl halides is 3. The molecule has 0 saturated carbocycles.